The number of aromatic nitrogens is 2. The fourth-order valence-electron chi connectivity index (χ4n) is 3.60. The molecule has 1 aromatic heterocycles. The molecule has 0 saturated heterocycles. The zero-order valence-corrected chi connectivity index (χ0v) is 17.8. The highest BCUT2D eigenvalue weighted by Gasteiger charge is 2.34. The van der Waals surface area contributed by atoms with Crippen molar-refractivity contribution in [2.24, 2.45) is 10.1 Å². The molecule has 0 spiro atoms. The maximum atomic E-state index is 13.0. The quantitative estimate of drug-likeness (QED) is 0.519. The van der Waals surface area contributed by atoms with Crippen LogP contribution in [0.25, 0.3) is 22.5 Å². The average Bonchev–Trinajstić information content (AvgIpc) is 2.82. The molecule has 7 nitrogen and oxygen atoms in total. The van der Waals surface area contributed by atoms with Crippen LogP contribution in [0.3, 0.4) is 0 Å². The highest BCUT2D eigenvalue weighted by Crippen LogP contribution is 2.35. The van der Waals surface area contributed by atoms with Gasteiger partial charge in [-0.25, -0.2) is 14.3 Å². The molecule has 4 aromatic rings. The number of amidine groups is 1. The van der Waals surface area contributed by atoms with Gasteiger partial charge in [0.1, 0.15) is 0 Å². The summed E-state index contributed by atoms with van der Waals surface area (Å²) in [6, 6.07) is 28.4. The molecular weight excluding hydrogens is 422 g/mol. The molecule has 0 atom stereocenters. The first kappa shape index (κ1) is 19.9. The minimum atomic E-state index is -4.07. The molecular formula is C24H19N5O2S. The van der Waals surface area contributed by atoms with Crippen molar-refractivity contribution in [1.82, 2.24) is 9.97 Å². The molecule has 1 aliphatic rings. The second-order valence-corrected chi connectivity index (χ2v) is 8.79. The van der Waals surface area contributed by atoms with Crippen LogP contribution in [0.5, 0.6) is 0 Å². The molecule has 0 unspecified atom stereocenters. The van der Waals surface area contributed by atoms with Gasteiger partial charge in [0.15, 0.2) is 17.3 Å². The molecule has 5 rings (SSSR count). The molecule has 158 valence electrons. The van der Waals surface area contributed by atoms with Gasteiger partial charge in [0.2, 0.25) is 0 Å². The molecule has 2 N–H and O–H groups in total. The number of nitrogens with zero attached hydrogens (tertiary/aromatic N) is 4. The summed E-state index contributed by atoms with van der Waals surface area (Å²) >= 11 is 0. The number of rotatable bonds is 4. The van der Waals surface area contributed by atoms with Crippen molar-refractivity contribution >= 4 is 21.9 Å². The van der Waals surface area contributed by atoms with E-state index in [-0.39, 0.29) is 23.9 Å². The second kappa shape index (κ2) is 7.90. The minimum absolute atomic E-state index is 0.0700. The Labute approximate surface area is 186 Å². The largest absolute Gasteiger partial charge is 0.381 e. The molecule has 0 radical (unpaired) electrons. The minimum Gasteiger partial charge on any atom is -0.381 e. The topological polar surface area (TPSA) is 102 Å². The van der Waals surface area contributed by atoms with E-state index < -0.39 is 10.2 Å². The van der Waals surface area contributed by atoms with Crippen molar-refractivity contribution in [2.45, 2.75) is 6.54 Å². The molecule has 0 fully saturated rings. The van der Waals surface area contributed by atoms with Crippen LogP contribution in [-0.2, 0) is 16.8 Å². The van der Waals surface area contributed by atoms with Gasteiger partial charge in [0.25, 0.3) is 0 Å². The predicted molar refractivity (Wildman–Crippen MR) is 125 cm³/mol. The second-order valence-electron chi connectivity index (χ2n) is 7.27. The SMILES string of the molecule is NC1=NS(=O)(=O)N(Cc2ccccc2)c2nc(-c3ccccc3)c(-c3ccccc3)nc21. The fraction of sp³-hybridized carbons (Fsp3) is 0.0417. The third-order valence-corrected chi connectivity index (χ3v) is 6.40. The normalized spacial score (nSPS) is 14.5. The summed E-state index contributed by atoms with van der Waals surface area (Å²) in [5.41, 5.74) is 9.94. The summed E-state index contributed by atoms with van der Waals surface area (Å²) in [5.74, 6) is -0.00603. The van der Waals surface area contributed by atoms with Gasteiger partial charge in [-0.1, -0.05) is 91.0 Å². The predicted octanol–water partition coefficient (Wildman–Crippen LogP) is 3.78. The van der Waals surface area contributed by atoms with Gasteiger partial charge in [0.05, 0.1) is 17.9 Å². The van der Waals surface area contributed by atoms with Crippen LogP contribution in [0.1, 0.15) is 11.3 Å². The maximum Gasteiger partial charge on any atom is 0.348 e. The standard InChI is InChI=1S/C24H19N5O2S/c25-23-22-24(29(32(30,31)28-23)16-17-10-4-1-5-11-17)27-21(19-14-8-3-9-15-19)20(26-22)18-12-6-2-7-13-18/h1-15H,16H2,(H2,25,28). The van der Waals surface area contributed by atoms with E-state index in [1.807, 2.05) is 91.0 Å². The number of hydrogen-bond acceptors (Lipinski definition) is 5. The first-order valence-electron chi connectivity index (χ1n) is 9.98. The van der Waals surface area contributed by atoms with Gasteiger partial charge >= 0.3 is 10.2 Å². The van der Waals surface area contributed by atoms with E-state index in [1.54, 1.807) is 0 Å². The summed E-state index contributed by atoms with van der Waals surface area (Å²) < 4.78 is 30.8. The summed E-state index contributed by atoms with van der Waals surface area (Å²) in [6.45, 7) is 0.0700. The Morgan fingerprint density at radius 3 is 1.75 bits per heavy atom. The molecule has 0 saturated carbocycles. The Balaban J connectivity index is 1.76. The lowest BCUT2D eigenvalue weighted by Crippen LogP contribution is -2.38. The molecule has 8 heteroatoms. The van der Waals surface area contributed by atoms with Crippen LogP contribution in [0.2, 0.25) is 0 Å². The Bertz CT molecular complexity index is 1410. The summed E-state index contributed by atoms with van der Waals surface area (Å²) in [4.78, 5) is 9.58. The van der Waals surface area contributed by atoms with E-state index in [0.717, 1.165) is 21.0 Å². The van der Waals surface area contributed by atoms with Crippen molar-refractivity contribution in [3.8, 4) is 22.5 Å². The van der Waals surface area contributed by atoms with Gasteiger partial charge < -0.3 is 5.73 Å². The lowest BCUT2D eigenvalue weighted by atomic mass is 10.0. The number of nitrogens with two attached hydrogens (primary N) is 1. The number of hydrogen-bond donors (Lipinski definition) is 1. The van der Waals surface area contributed by atoms with Crippen molar-refractivity contribution in [3.05, 3.63) is 102 Å². The molecule has 1 aliphatic heterocycles. The highest BCUT2D eigenvalue weighted by molar-refractivity contribution is 7.91. The molecule has 0 aliphatic carbocycles. The summed E-state index contributed by atoms with van der Waals surface area (Å²) in [6.07, 6.45) is 0. The zero-order chi connectivity index (χ0) is 22.1. The van der Waals surface area contributed by atoms with Gasteiger partial charge in [-0.2, -0.15) is 8.42 Å². The van der Waals surface area contributed by atoms with Crippen molar-refractivity contribution in [3.63, 3.8) is 0 Å². The number of benzene rings is 3. The van der Waals surface area contributed by atoms with Gasteiger partial charge in [-0.3, -0.25) is 0 Å². The van der Waals surface area contributed by atoms with E-state index in [2.05, 4.69) is 4.40 Å². The van der Waals surface area contributed by atoms with Crippen molar-refractivity contribution in [2.75, 3.05) is 4.31 Å². The van der Waals surface area contributed by atoms with E-state index in [9.17, 15) is 8.42 Å². The average molecular weight is 442 g/mol. The van der Waals surface area contributed by atoms with Gasteiger partial charge in [-0.05, 0) is 5.56 Å². The molecule has 3 aromatic carbocycles. The summed E-state index contributed by atoms with van der Waals surface area (Å²) in [7, 11) is -4.07. The van der Waals surface area contributed by atoms with Crippen LogP contribution in [0.15, 0.2) is 95.4 Å². The van der Waals surface area contributed by atoms with E-state index in [4.69, 9.17) is 15.7 Å². The number of anilines is 1. The fourth-order valence-corrected chi connectivity index (χ4v) is 4.69. The van der Waals surface area contributed by atoms with E-state index >= 15 is 0 Å². The van der Waals surface area contributed by atoms with Crippen LogP contribution < -0.4 is 10.0 Å². The third kappa shape index (κ3) is 3.61. The van der Waals surface area contributed by atoms with Crippen LogP contribution >= 0.6 is 0 Å². The van der Waals surface area contributed by atoms with Crippen LogP contribution in [-0.4, -0.2) is 24.2 Å². The summed E-state index contributed by atoms with van der Waals surface area (Å²) in [5, 5.41) is 0. The monoisotopic (exact) mass is 441 g/mol. The lowest BCUT2D eigenvalue weighted by Gasteiger charge is -2.27. The van der Waals surface area contributed by atoms with E-state index in [1.165, 1.54) is 0 Å². The third-order valence-electron chi connectivity index (χ3n) is 5.11. The van der Waals surface area contributed by atoms with Crippen LogP contribution in [0, 0.1) is 0 Å². The number of fused-ring (bicyclic) bond motifs is 1. The van der Waals surface area contributed by atoms with Gasteiger partial charge in [0, 0.05) is 11.1 Å². The van der Waals surface area contributed by atoms with Crippen molar-refractivity contribution in [1.29, 1.82) is 0 Å². The molecule has 0 amide bonds. The van der Waals surface area contributed by atoms with Crippen molar-refractivity contribution < 1.29 is 8.42 Å². The molecule has 2 heterocycles. The smallest absolute Gasteiger partial charge is 0.348 e. The van der Waals surface area contributed by atoms with Crippen LogP contribution in [0.4, 0.5) is 5.82 Å². The first-order valence-corrected chi connectivity index (χ1v) is 11.4. The van der Waals surface area contributed by atoms with E-state index in [0.29, 0.717) is 11.4 Å². The molecule has 32 heavy (non-hydrogen) atoms. The highest BCUT2D eigenvalue weighted by atomic mass is 32.2. The lowest BCUT2D eigenvalue weighted by molar-refractivity contribution is 0.590. The Hall–Kier alpha value is -4.04. The molecule has 0 bridgehead atoms. The zero-order valence-electron chi connectivity index (χ0n) is 17.0. The Morgan fingerprint density at radius 1 is 0.688 bits per heavy atom. The van der Waals surface area contributed by atoms with Gasteiger partial charge in [-0.15, -0.1) is 4.40 Å². The maximum absolute atomic E-state index is 13.0. The first-order chi connectivity index (χ1) is 15.5. The Kier molecular flexibility index (Phi) is 4.91. The Morgan fingerprint density at radius 2 is 1.19 bits per heavy atom.